The molecule has 354 valence electrons. The summed E-state index contributed by atoms with van der Waals surface area (Å²) in [6.45, 7) is 2.31. The Hall–Kier alpha value is -8.20. The van der Waals surface area contributed by atoms with Crippen molar-refractivity contribution in [3.8, 4) is 44.5 Å². The third-order valence-electron chi connectivity index (χ3n) is 19.3. The van der Waals surface area contributed by atoms with Crippen molar-refractivity contribution in [1.29, 1.82) is 0 Å². The summed E-state index contributed by atoms with van der Waals surface area (Å²) in [5.41, 5.74) is 24.6. The van der Waals surface area contributed by atoms with E-state index in [1.807, 2.05) is 0 Å². The van der Waals surface area contributed by atoms with Crippen LogP contribution in [0.1, 0.15) is 77.3 Å². The fourth-order valence-electron chi connectivity index (χ4n) is 16.9. The molecule has 3 saturated carbocycles. The molecule has 0 aliphatic heterocycles. The van der Waals surface area contributed by atoms with Crippen molar-refractivity contribution < 1.29 is 4.42 Å². The van der Waals surface area contributed by atoms with E-state index in [9.17, 15) is 0 Å². The van der Waals surface area contributed by atoms with Crippen LogP contribution in [-0.2, 0) is 16.2 Å². The number of para-hydroxylation sites is 1. The van der Waals surface area contributed by atoms with E-state index in [0.29, 0.717) is 17.8 Å². The molecule has 10 aromatic carbocycles. The quantitative estimate of drug-likeness (QED) is 0.158. The van der Waals surface area contributed by atoms with E-state index < -0.39 is 0 Å². The normalized spacial score (nSPS) is 23.5. The number of benzene rings is 10. The van der Waals surface area contributed by atoms with E-state index in [0.717, 1.165) is 60.3 Å². The molecule has 4 bridgehead atoms. The van der Waals surface area contributed by atoms with Gasteiger partial charge in [-0.2, -0.15) is 0 Å². The van der Waals surface area contributed by atoms with Crippen LogP contribution in [0, 0.1) is 12.8 Å². The molecule has 2 heteroatoms. The highest BCUT2D eigenvalue weighted by molar-refractivity contribution is 6.11. The van der Waals surface area contributed by atoms with Gasteiger partial charge in [0.15, 0.2) is 0 Å². The third-order valence-corrected chi connectivity index (χ3v) is 19.3. The molecule has 5 aliphatic rings. The van der Waals surface area contributed by atoms with Gasteiger partial charge in [0, 0.05) is 44.1 Å². The Morgan fingerprint density at radius 1 is 0.392 bits per heavy atom. The van der Waals surface area contributed by atoms with Gasteiger partial charge in [0.05, 0.1) is 0 Å². The molecule has 1 spiro atoms. The second-order valence-electron chi connectivity index (χ2n) is 22.5. The van der Waals surface area contributed by atoms with Crippen LogP contribution in [0.25, 0.3) is 66.4 Å². The monoisotopic (exact) mass is 949 g/mol. The average molecular weight is 950 g/mol. The van der Waals surface area contributed by atoms with Gasteiger partial charge in [-0.05, 0) is 189 Å². The first-order valence-electron chi connectivity index (χ1n) is 27.0. The van der Waals surface area contributed by atoms with Crippen molar-refractivity contribution in [2.24, 2.45) is 5.92 Å². The van der Waals surface area contributed by atoms with E-state index in [2.05, 4.69) is 248 Å². The van der Waals surface area contributed by atoms with Gasteiger partial charge in [-0.25, -0.2) is 0 Å². The van der Waals surface area contributed by atoms with E-state index in [-0.39, 0.29) is 16.2 Å². The van der Waals surface area contributed by atoms with Gasteiger partial charge < -0.3 is 9.32 Å². The van der Waals surface area contributed by atoms with Gasteiger partial charge in [-0.15, -0.1) is 0 Å². The summed E-state index contributed by atoms with van der Waals surface area (Å²) >= 11 is 0. The zero-order chi connectivity index (χ0) is 48.8. The summed E-state index contributed by atoms with van der Waals surface area (Å²) in [6, 6.07) is 89.8. The molecular weight excluding hydrogens is 895 g/mol. The Balaban J connectivity index is 0.924. The topological polar surface area (TPSA) is 16.4 Å². The lowest BCUT2D eigenvalue weighted by Gasteiger charge is -2.56. The molecular formula is C72H55NO. The van der Waals surface area contributed by atoms with Gasteiger partial charge in [0.2, 0.25) is 0 Å². The molecule has 74 heavy (non-hydrogen) atoms. The number of fused-ring (bicyclic) bond motifs is 6. The van der Waals surface area contributed by atoms with Gasteiger partial charge in [0.25, 0.3) is 0 Å². The summed E-state index contributed by atoms with van der Waals surface area (Å²) in [4.78, 5) is 2.39. The number of hydrogen-bond acceptors (Lipinski definition) is 2. The van der Waals surface area contributed by atoms with Crippen LogP contribution >= 0.6 is 0 Å². The lowest BCUT2D eigenvalue weighted by atomic mass is 9.46. The number of hydrogen-bond donors (Lipinski definition) is 0. The second-order valence-corrected chi connectivity index (χ2v) is 22.5. The van der Waals surface area contributed by atoms with Crippen molar-refractivity contribution in [2.45, 2.75) is 67.1 Å². The maximum absolute atomic E-state index is 7.18. The van der Waals surface area contributed by atoms with Crippen LogP contribution in [0.4, 0.5) is 17.1 Å². The zero-order valence-electron chi connectivity index (χ0n) is 41.6. The second kappa shape index (κ2) is 15.7. The SMILES string of the molecule is Cc1ccccc1-c1ccccc1C12CCC34CC(CC5(CC1c1ccccc1-c1ccccc15)C32)c1cccc2oc3cc(-c5ccc(N(c6ccccc6)c6cccc(-c7ccccc7)c6)cc5)cc4c3c12. The van der Waals surface area contributed by atoms with Crippen LogP contribution in [0.3, 0.4) is 0 Å². The van der Waals surface area contributed by atoms with Gasteiger partial charge in [0.1, 0.15) is 11.2 Å². The molecule has 0 saturated heterocycles. The molecule has 1 heterocycles. The average Bonchev–Trinajstić information content (AvgIpc) is 4.30. The summed E-state index contributed by atoms with van der Waals surface area (Å²) in [7, 11) is 0. The van der Waals surface area contributed by atoms with Crippen LogP contribution in [0.5, 0.6) is 0 Å². The first kappa shape index (κ1) is 42.3. The summed E-state index contributed by atoms with van der Waals surface area (Å²) in [5.74, 6) is 1.06. The summed E-state index contributed by atoms with van der Waals surface area (Å²) < 4.78 is 7.18. The van der Waals surface area contributed by atoms with Crippen LogP contribution in [0.15, 0.2) is 241 Å². The predicted molar refractivity (Wildman–Crippen MR) is 305 cm³/mol. The van der Waals surface area contributed by atoms with Crippen LogP contribution in [-0.4, -0.2) is 0 Å². The molecule has 6 atom stereocenters. The maximum atomic E-state index is 7.18. The number of aryl methyl sites for hydroxylation is 1. The van der Waals surface area contributed by atoms with E-state index in [1.54, 1.807) is 11.1 Å². The summed E-state index contributed by atoms with van der Waals surface area (Å²) in [5, 5.41) is 2.72. The van der Waals surface area contributed by atoms with Crippen molar-refractivity contribution in [2.75, 3.05) is 4.90 Å². The lowest BCUT2D eigenvalue weighted by molar-refractivity contribution is 0.0898. The molecule has 0 N–H and O–H groups in total. The predicted octanol–water partition coefficient (Wildman–Crippen LogP) is 18.9. The number of furan rings is 1. The molecule has 1 aromatic heterocycles. The molecule has 0 radical (unpaired) electrons. The van der Waals surface area contributed by atoms with Crippen molar-refractivity contribution in [1.82, 2.24) is 0 Å². The fourth-order valence-corrected chi connectivity index (χ4v) is 16.9. The largest absolute Gasteiger partial charge is 0.456 e. The lowest BCUT2D eigenvalue weighted by Crippen LogP contribution is -2.53. The number of rotatable bonds is 7. The van der Waals surface area contributed by atoms with Gasteiger partial charge >= 0.3 is 0 Å². The summed E-state index contributed by atoms with van der Waals surface area (Å²) in [6.07, 6.45) is 5.69. The van der Waals surface area contributed by atoms with Gasteiger partial charge in [-0.3, -0.25) is 0 Å². The molecule has 16 rings (SSSR count). The smallest absolute Gasteiger partial charge is 0.136 e. The Labute approximate surface area is 433 Å². The first-order chi connectivity index (χ1) is 36.5. The zero-order valence-corrected chi connectivity index (χ0v) is 41.6. The van der Waals surface area contributed by atoms with Crippen molar-refractivity contribution >= 4 is 39.0 Å². The molecule has 5 aliphatic carbocycles. The highest BCUT2D eigenvalue weighted by Gasteiger charge is 2.76. The Kier molecular flexibility index (Phi) is 8.95. The van der Waals surface area contributed by atoms with Gasteiger partial charge in [-0.1, -0.05) is 182 Å². The minimum absolute atomic E-state index is 0.0794. The van der Waals surface area contributed by atoms with Crippen LogP contribution < -0.4 is 4.90 Å². The Morgan fingerprint density at radius 2 is 1.00 bits per heavy atom. The molecule has 0 amide bonds. The van der Waals surface area contributed by atoms with E-state index in [1.165, 1.54) is 77.5 Å². The Bertz CT molecular complexity index is 4060. The highest BCUT2D eigenvalue weighted by Crippen LogP contribution is 2.82. The molecule has 11 aromatic rings. The number of anilines is 3. The molecule has 2 nitrogen and oxygen atoms in total. The van der Waals surface area contributed by atoms with Crippen molar-refractivity contribution in [3.63, 3.8) is 0 Å². The Morgan fingerprint density at radius 3 is 1.81 bits per heavy atom. The molecule has 6 unspecified atom stereocenters. The minimum atomic E-state index is -0.131. The standard InChI is InChI=1S/C72H55NO/c1-46-18-8-9-25-55(46)58-27-13-15-32-62(58)72-39-38-70-43-51(44-71(69(70)72)45-64(72)60-29-11-10-26-57(60)59-28-12-14-31-61(59)71)56-30-17-33-65-67(56)68-63(70)41-50(42-66(68)74-65)48-34-36-53(37-35-48)73(52-22-6-3-7-23-52)54-24-16-21-49(40-54)47-19-4-2-5-20-47/h2-37,40-42,51,64,69H,38-39,43-45H2,1H3. The van der Waals surface area contributed by atoms with E-state index in [4.69, 9.17) is 4.42 Å². The van der Waals surface area contributed by atoms with Crippen LogP contribution in [0.2, 0.25) is 0 Å². The highest BCUT2D eigenvalue weighted by atomic mass is 16.3. The first-order valence-corrected chi connectivity index (χ1v) is 27.0. The maximum Gasteiger partial charge on any atom is 0.136 e. The molecule has 3 fully saturated rings. The minimum Gasteiger partial charge on any atom is -0.456 e. The fraction of sp³-hybridized carbons (Fsp3) is 0.167. The van der Waals surface area contributed by atoms with E-state index >= 15 is 0 Å². The number of nitrogens with zero attached hydrogens (tertiary/aromatic N) is 1. The van der Waals surface area contributed by atoms with Crippen molar-refractivity contribution in [3.05, 3.63) is 270 Å². The third kappa shape index (κ3) is 5.72.